The lowest BCUT2D eigenvalue weighted by molar-refractivity contribution is -0.139. The maximum absolute atomic E-state index is 13.5. The molecule has 1 aromatic heterocycles. The molecule has 3 aromatic carbocycles. The molecule has 0 spiro atoms. The van der Waals surface area contributed by atoms with Crippen molar-refractivity contribution in [2.24, 2.45) is 0 Å². The second-order valence-corrected chi connectivity index (χ2v) is 8.58. The molecular weight excluding hydrogens is 564 g/mol. The zero-order valence-electron chi connectivity index (χ0n) is 22.5. The first-order chi connectivity index (χ1) is 20.2. The lowest BCUT2D eigenvalue weighted by Gasteiger charge is -2.15. The number of nitrogens with zero attached hydrogens (tertiary/aromatic N) is 2. The van der Waals surface area contributed by atoms with Crippen LogP contribution < -0.4 is 24.8 Å². The van der Waals surface area contributed by atoms with Crippen LogP contribution in [0.25, 0.3) is 10.9 Å². The number of rotatable bonds is 12. The van der Waals surface area contributed by atoms with Gasteiger partial charge >= 0.3 is 12.2 Å². The van der Waals surface area contributed by atoms with E-state index in [0.717, 1.165) is 6.07 Å². The Morgan fingerprint density at radius 1 is 0.810 bits per heavy atom. The number of aromatic nitrogens is 2. The number of alkyl halides is 3. The van der Waals surface area contributed by atoms with Crippen molar-refractivity contribution < 1.29 is 46.0 Å². The fourth-order valence-electron chi connectivity index (χ4n) is 3.65. The van der Waals surface area contributed by atoms with E-state index in [2.05, 4.69) is 20.6 Å². The molecule has 2 amide bonds. The normalized spacial score (nSPS) is 11.3. The average molecular weight is 591 g/mol. The van der Waals surface area contributed by atoms with Crippen LogP contribution in [0.5, 0.6) is 23.1 Å². The summed E-state index contributed by atoms with van der Waals surface area (Å²) in [6.45, 7) is 1.32. The second kappa shape index (κ2) is 13.8. The van der Waals surface area contributed by atoms with Gasteiger partial charge in [0, 0.05) is 31.7 Å². The van der Waals surface area contributed by atoms with Crippen LogP contribution in [0.15, 0.2) is 60.9 Å². The van der Waals surface area contributed by atoms with Crippen LogP contribution >= 0.6 is 0 Å². The van der Waals surface area contributed by atoms with Crippen molar-refractivity contribution in [3.63, 3.8) is 0 Å². The molecular formula is C28H26F4N4O6. The summed E-state index contributed by atoms with van der Waals surface area (Å²) in [6, 6.07) is 10.9. The Morgan fingerprint density at radius 2 is 1.43 bits per heavy atom. The molecule has 0 bridgehead atoms. The highest BCUT2D eigenvalue weighted by atomic mass is 19.4. The Labute approximate surface area is 237 Å². The quantitative estimate of drug-likeness (QED) is 0.147. The molecule has 222 valence electrons. The molecule has 14 heteroatoms. The standard InChI is InChI=1S/C28H26F4N4O6/c1-38-9-11-40-24-14-20-23(15-25(24)41-12-10-39-2)33-16-34-26(20)42-19-6-3-17(4-7-19)35-27(37)36-18-5-8-22(29)21(13-18)28(30,31)32/h3-8,13-16H,9-12H2,1-2H3,(H2,35,36,37). The topological polar surface area (TPSA) is 113 Å². The third kappa shape index (κ3) is 7.95. The number of carbonyl (C=O) groups is 1. The minimum atomic E-state index is -4.90. The molecule has 4 aromatic rings. The number of hydrogen-bond acceptors (Lipinski definition) is 8. The van der Waals surface area contributed by atoms with Crippen molar-refractivity contribution in [3.05, 3.63) is 72.3 Å². The minimum Gasteiger partial charge on any atom is -0.487 e. The first-order valence-corrected chi connectivity index (χ1v) is 12.4. The summed E-state index contributed by atoms with van der Waals surface area (Å²) in [5.74, 6) is 0.0618. The Bertz CT molecular complexity index is 1520. The van der Waals surface area contributed by atoms with Gasteiger partial charge in [-0.15, -0.1) is 0 Å². The van der Waals surface area contributed by atoms with Gasteiger partial charge in [0.15, 0.2) is 11.5 Å². The molecule has 1 heterocycles. The highest BCUT2D eigenvalue weighted by molar-refractivity contribution is 5.99. The van der Waals surface area contributed by atoms with E-state index in [9.17, 15) is 22.4 Å². The first-order valence-electron chi connectivity index (χ1n) is 12.4. The van der Waals surface area contributed by atoms with E-state index >= 15 is 0 Å². The van der Waals surface area contributed by atoms with E-state index in [-0.39, 0.29) is 18.2 Å². The summed E-state index contributed by atoms with van der Waals surface area (Å²) < 4.78 is 80.0. The minimum absolute atomic E-state index is 0.227. The van der Waals surface area contributed by atoms with E-state index < -0.39 is 23.6 Å². The van der Waals surface area contributed by atoms with Crippen LogP contribution in [0.3, 0.4) is 0 Å². The number of fused-ring (bicyclic) bond motifs is 1. The number of carbonyl (C=O) groups excluding carboxylic acids is 1. The zero-order chi connectivity index (χ0) is 30.1. The van der Waals surface area contributed by atoms with Crippen LogP contribution in [0.4, 0.5) is 33.7 Å². The lowest BCUT2D eigenvalue weighted by Crippen LogP contribution is -2.20. The summed E-state index contributed by atoms with van der Waals surface area (Å²) >= 11 is 0. The van der Waals surface area contributed by atoms with Gasteiger partial charge < -0.3 is 34.3 Å². The van der Waals surface area contributed by atoms with E-state index in [0.29, 0.717) is 65.8 Å². The molecule has 4 rings (SSSR count). The van der Waals surface area contributed by atoms with Crippen LogP contribution in [-0.4, -0.2) is 56.6 Å². The number of urea groups is 1. The Kier molecular flexibility index (Phi) is 9.93. The molecule has 0 unspecified atom stereocenters. The molecule has 0 aliphatic carbocycles. The lowest BCUT2D eigenvalue weighted by atomic mass is 10.2. The molecule has 0 radical (unpaired) electrons. The molecule has 0 aliphatic rings. The van der Waals surface area contributed by atoms with Crippen molar-refractivity contribution in [3.8, 4) is 23.1 Å². The van der Waals surface area contributed by atoms with Crippen molar-refractivity contribution in [2.75, 3.05) is 51.3 Å². The summed E-state index contributed by atoms with van der Waals surface area (Å²) in [5, 5.41) is 5.28. The smallest absolute Gasteiger partial charge is 0.419 e. The second-order valence-electron chi connectivity index (χ2n) is 8.58. The summed E-state index contributed by atoms with van der Waals surface area (Å²) in [6.07, 6.45) is -3.57. The van der Waals surface area contributed by atoms with Crippen molar-refractivity contribution in [1.82, 2.24) is 9.97 Å². The van der Waals surface area contributed by atoms with Crippen molar-refractivity contribution in [1.29, 1.82) is 0 Å². The number of nitrogens with one attached hydrogen (secondary N) is 2. The van der Waals surface area contributed by atoms with E-state index in [4.69, 9.17) is 23.7 Å². The van der Waals surface area contributed by atoms with Crippen LogP contribution in [0.1, 0.15) is 5.56 Å². The summed E-state index contributed by atoms with van der Waals surface area (Å²) in [7, 11) is 3.13. The monoisotopic (exact) mass is 590 g/mol. The molecule has 2 N–H and O–H groups in total. The average Bonchev–Trinajstić information content (AvgIpc) is 2.95. The molecule has 42 heavy (non-hydrogen) atoms. The van der Waals surface area contributed by atoms with Crippen molar-refractivity contribution >= 4 is 28.3 Å². The number of hydrogen-bond donors (Lipinski definition) is 2. The van der Waals surface area contributed by atoms with Gasteiger partial charge in [-0.25, -0.2) is 19.2 Å². The van der Waals surface area contributed by atoms with Gasteiger partial charge in [0.2, 0.25) is 5.88 Å². The van der Waals surface area contributed by atoms with Gasteiger partial charge in [-0.3, -0.25) is 0 Å². The van der Waals surface area contributed by atoms with Crippen LogP contribution in [-0.2, 0) is 15.7 Å². The maximum Gasteiger partial charge on any atom is 0.419 e. The largest absolute Gasteiger partial charge is 0.487 e. The molecule has 0 aliphatic heterocycles. The van der Waals surface area contributed by atoms with E-state index in [1.165, 1.54) is 18.5 Å². The van der Waals surface area contributed by atoms with Gasteiger partial charge in [0.1, 0.15) is 31.1 Å². The van der Waals surface area contributed by atoms with Gasteiger partial charge in [-0.1, -0.05) is 0 Å². The molecule has 0 atom stereocenters. The predicted molar refractivity (Wildman–Crippen MR) is 145 cm³/mol. The zero-order valence-corrected chi connectivity index (χ0v) is 22.5. The Hall–Kier alpha value is -4.69. The molecule has 0 saturated heterocycles. The van der Waals surface area contributed by atoms with Gasteiger partial charge in [0.05, 0.1) is 29.7 Å². The van der Waals surface area contributed by atoms with Gasteiger partial charge in [0.25, 0.3) is 0 Å². The van der Waals surface area contributed by atoms with Crippen molar-refractivity contribution in [2.45, 2.75) is 6.18 Å². The third-order valence-electron chi connectivity index (χ3n) is 5.61. The Morgan fingerprint density at radius 3 is 2.07 bits per heavy atom. The first kappa shape index (κ1) is 30.3. The number of amides is 2. The maximum atomic E-state index is 13.5. The number of ether oxygens (including phenoxy) is 5. The van der Waals surface area contributed by atoms with Crippen LogP contribution in [0.2, 0.25) is 0 Å². The summed E-state index contributed by atoms with van der Waals surface area (Å²) in [5.41, 5.74) is -0.856. The summed E-state index contributed by atoms with van der Waals surface area (Å²) in [4.78, 5) is 20.8. The third-order valence-corrected chi connectivity index (χ3v) is 5.61. The van der Waals surface area contributed by atoms with Crippen LogP contribution in [0, 0.1) is 5.82 Å². The number of methoxy groups -OCH3 is 2. The fraction of sp³-hybridized carbons (Fsp3) is 0.250. The molecule has 0 fully saturated rings. The fourth-order valence-corrected chi connectivity index (χ4v) is 3.65. The predicted octanol–water partition coefficient (Wildman–Crippen LogP) is 6.27. The van der Waals surface area contributed by atoms with E-state index in [1.54, 1.807) is 38.5 Å². The number of anilines is 2. The Balaban J connectivity index is 1.46. The number of halogens is 4. The molecule has 0 saturated carbocycles. The van der Waals surface area contributed by atoms with E-state index in [1.807, 2.05) is 0 Å². The highest BCUT2D eigenvalue weighted by Gasteiger charge is 2.34. The molecule has 10 nitrogen and oxygen atoms in total. The highest BCUT2D eigenvalue weighted by Crippen LogP contribution is 2.37. The number of benzene rings is 3. The van der Waals surface area contributed by atoms with Gasteiger partial charge in [-0.2, -0.15) is 13.2 Å². The SMILES string of the molecule is COCCOc1cc2ncnc(Oc3ccc(NC(=O)Nc4ccc(F)c(C(F)(F)F)c4)cc3)c2cc1OCCOC. The van der Waals surface area contributed by atoms with Gasteiger partial charge in [-0.05, 0) is 48.5 Å².